The fourth-order valence-corrected chi connectivity index (χ4v) is 7.57. The van der Waals surface area contributed by atoms with E-state index >= 15 is 0 Å². The molecule has 2 fully saturated rings. The highest BCUT2D eigenvalue weighted by molar-refractivity contribution is 6.25. The lowest BCUT2D eigenvalue weighted by Crippen LogP contribution is -2.73. The van der Waals surface area contributed by atoms with E-state index in [1.54, 1.807) is 25.1 Å². The predicted molar refractivity (Wildman–Crippen MR) is 154 cm³/mol. The molecule has 0 spiro atoms. The number of carbonyl (C=O) groups excluding carboxylic acids is 3. The van der Waals surface area contributed by atoms with E-state index in [-0.39, 0.29) is 36.5 Å². The number of hydrogen-bond acceptors (Lipinski definition) is 10. The molecule has 3 aliphatic carbocycles. The first-order valence-corrected chi connectivity index (χ1v) is 14.3. The van der Waals surface area contributed by atoms with Crippen molar-refractivity contribution in [1.29, 1.82) is 0 Å². The minimum absolute atomic E-state index is 0.0422. The van der Waals surface area contributed by atoms with Gasteiger partial charge in [0.1, 0.15) is 17.4 Å². The number of rotatable bonds is 3. The van der Waals surface area contributed by atoms with Gasteiger partial charge in [-0.3, -0.25) is 14.4 Å². The van der Waals surface area contributed by atoms with Gasteiger partial charge in [-0.05, 0) is 73.2 Å². The Kier molecular flexibility index (Phi) is 6.47. The molecule has 0 aromatic heterocycles. The molecule has 6 atom stereocenters. The Morgan fingerprint density at radius 2 is 1.77 bits per heavy atom. The molecular weight excluding hydrogens is 556 g/mol. The van der Waals surface area contributed by atoms with Gasteiger partial charge in [0.05, 0.1) is 11.7 Å². The number of hydrogen-bond donors (Lipinski definition) is 5. The van der Waals surface area contributed by atoms with E-state index in [4.69, 9.17) is 15.2 Å². The summed E-state index contributed by atoms with van der Waals surface area (Å²) in [4.78, 5) is 41.7. The SMILES string of the molecule is CN(C)[C@H]1C(O)C(C(N)=O)C(=O)[C@]2(O)C(=O)C3=C(O)c4c(O)c(C(C)(C)C)cc(-c5ccc6c(c5)OCO6)c4C[C@@H]3C[C@H]12. The van der Waals surface area contributed by atoms with Crippen LogP contribution in [0.25, 0.3) is 16.9 Å². The normalized spacial score (nSPS) is 29.8. The highest BCUT2D eigenvalue weighted by atomic mass is 16.7. The van der Waals surface area contributed by atoms with E-state index in [2.05, 4.69) is 0 Å². The van der Waals surface area contributed by atoms with Gasteiger partial charge in [-0.15, -0.1) is 0 Å². The van der Waals surface area contributed by atoms with Crippen molar-refractivity contribution in [3.8, 4) is 28.4 Å². The van der Waals surface area contributed by atoms with Crippen molar-refractivity contribution in [3.63, 3.8) is 0 Å². The van der Waals surface area contributed by atoms with Crippen LogP contribution in [0.15, 0.2) is 29.8 Å². The molecule has 1 aliphatic heterocycles. The number of phenolic OH excluding ortho intramolecular Hbond substituents is 1. The molecule has 11 heteroatoms. The van der Waals surface area contributed by atoms with Crippen molar-refractivity contribution in [3.05, 3.63) is 46.5 Å². The second kappa shape index (κ2) is 9.54. The number of aliphatic hydroxyl groups is 3. The number of benzene rings is 2. The molecule has 0 radical (unpaired) electrons. The number of nitrogens with two attached hydrogens (primary N) is 1. The summed E-state index contributed by atoms with van der Waals surface area (Å²) in [6.07, 6.45) is -1.31. The second-order valence-corrected chi connectivity index (χ2v) is 13.3. The zero-order chi connectivity index (χ0) is 31.3. The Balaban J connectivity index is 1.58. The van der Waals surface area contributed by atoms with Crippen molar-refractivity contribution in [2.75, 3.05) is 20.9 Å². The lowest BCUT2D eigenvalue weighted by atomic mass is 9.54. The first kappa shape index (κ1) is 29.2. The third-order valence-electron chi connectivity index (χ3n) is 9.58. The number of ketones is 2. The molecular formula is C32H36N2O9. The summed E-state index contributed by atoms with van der Waals surface area (Å²) in [6.45, 7) is 5.81. The van der Waals surface area contributed by atoms with Crippen LogP contribution >= 0.6 is 0 Å². The molecule has 6 rings (SSSR count). The van der Waals surface area contributed by atoms with Crippen molar-refractivity contribution < 1.29 is 44.3 Å². The summed E-state index contributed by atoms with van der Waals surface area (Å²) in [7, 11) is 3.24. The van der Waals surface area contributed by atoms with Gasteiger partial charge < -0.3 is 40.5 Å². The maximum absolute atomic E-state index is 14.2. The maximum atomic E-state index is 14.2. The molecule has 2 aromatic carbocycles. The zero-order valence-corrected chi connectivity index (χ0v) is 24.7. The number of ether oxygens (including phenoxy) is 2. The molecule has 1 amide bonds. The molecule has 2 unspecified atom stereocenters. The maximum Gasteiger partial charge on any atom is 0.231 e. The third kappa shape index (κ3) is 4.01. The Hall–Kier alpha value is -3.93. The topological polar surface area (TPSA) is 180 Å². The number of amides is 1. The van der Waals surface area contributed by atoms with Crippen molar-refractivity contribution in [2.24, 2.45) is 23.5 Å². The minimum Gasteiger partial charge on any atom is -0.507 e. The minimum atomic E-state index is -2.71. The fraction of sp³-hybridized carbons (Fsp3) is 0.469. The van der Waals surface area contributed by atoms with E-state index in [9.17, 15) is 34.8 Å². The molecule has 0 bridgehead atoms. The van der Waals surface area contributed by atoms with E-state index in [0.717, 1.165) is 5.56 Å². The van der Waals surface area contributed by atoms with Gasteiger partial charge >= 0.3 is 0 Å². The van der Waals surface area contributed by atoms with Gasteiger partial charge in [0.25, 0.3) is 0 Å². The van der Waals surface area contributed by atoms with Crippen LogP contribution in [0, 0.1) is 17.8 Å². The van der Waals surface area contributed by atoms with Gasteiger partial charge in [0, 0.05) is 23.1 Å². The van der Waals surface area contributed by atoms with Crippen LogP contribution in [0.5, 0.6) is 17.2 Å². The van der Waals surface area contributed by atoms with E-state index in [1.165, 1.54) is 0 Å². The number of aromatic hydroxyl groups is 1. The number of nitrogens with zero attached hydrogens (tertiary/aromatic N) is 1. The number of carbonyl (C=O) groups is 3. The molecule has 1 heterocycles. The number of aliphatic hydroxyl groups excluding tert-OH is 2. The van der Waals surface area contributed by atoms with Crippen molar-refractivity contribution in [1.82, 2.24) is 4.90 Å². The van der Waals surface area contributed by atoms with E-state index in [1.807, 2.05) is 39.0 Å². The summed E-state index contributed by atoms with van der Waals surface area (Å²) < 4.78 is 11.1. The average molecular weight is 593 g/mol. The van der Waals surface area contributed by atoms with Gasteiger partial charge in [-0.2, -0.15) is 0 Å². The van der Waals surface area contributed by atoms with Gasteiger partial charge in [0.15, 0.2) is 22.9 Å². The molecule has 228 valence electrons. The Bertz CT molecular complexity index is 1620. The van der Waals surface area contributed by atoms with Crippen molar-refractivity contribution in [2.45, 2.75) is 56.8 Å². The summed E-state index contributed by atoms with van der Waals surface area (Å²) in [6, 6.07) is 6.38. The van der Waals surface area contributed by atoms with Gasteiger partial charge in [-0.1, -0.05) is 26.8 Å². The van der Waals surface area contributed by atoms with Crippen LogP contribution in [0.1, 0.15) is 43.9 Å². The first-order valence-electron chi connectivity index (χ1n) is 14.3. The zero-order valence-electron chi connectivity index (χ0n) is 24.7. The molecule has 2 saturated carbocycles. The monoisotopic (exact) mass is 592 g/mol. The van der Waals surface area contributed by atoms with Crippen molar-refractivity contribution >= 4 is 23.2 Å². The quantitative estimate of drug-likeness (QED) is 0.330. The van der Waals surface area contributed by atoms with Gasteiger partial charge in [0.2, 0.25) is 18.5 Å². The lowest BCUT2D eigenvalue weighted by Gasteiger charge is -2.53. The molecule has 2 aromatic rings. The highest BCUT2D eigenvalue weighted by Gasteiger charge is 2.67. The lowest BCUT2D eigenvalue weighted by molar-refractivity contribution is -0.184. The number of fused-ring (bicyclic) bond motifs is 4. The smallest absolute Gasteiger partial charge is 0.231 e. The molecule has 11 nitrogen and oxygen atoms in total. The molecule has 6 N–H and O–H groups in total. The van der Waals surface area contributed by atoms with Crippen LogP contribution in [-0.2, 0) is 26.2 Å². The second-order valence-electron chi connectivity index (χ2n) is 13.3. The predicted octanol–water partition coefficient (Wildman–Crippen LogP) is 1.82. The Morgan fingerprint density at radius 3 is 2.40 bits per heavy atom. The third-order valence-corrected chi connectivity index (χ3v) is 9.58. The first-order chi connectivity index (χ1) is 20.1. The van der Waals surface area contributed by atoms with Crippen LogP contribution in [-0.4, -0.2) is 81.4 Å². The molecule has 0 saturated heterocycles. The number of phenols is 1. The highest BCUT2D eigenvalue weighted by Crippen LogP contribution is 2.55. The van der Waals surface area contributed by atoms with E-state index in [0.29, 0.717) is 28.2 Å². The van der Waals surface area contributed by atoms with Crippen LogP contribution < -0.4 is 15.2 Å². The van der Waals surface area contributed by atoms with Crippen LogP contribution in [0.3, 0.4) is 0 Å². The van der Waals surface area contributed by atoms with Crippen LogP contribution in [0.2, 0.25) is 0 Å². The largest absolute Gasteiger partial charge is 0.507 e. The van der Waals surface area contributed by atoms with Crippen LogP contribution in [0.4, 0.5) is 0 Å². The van der Waals surface area contributed by atoms with E-state index < -0.39 is 64.1 Å². The Morgan fingerprint density at radius 1 is 1.09 bits per heavy atom. The van der Waals surface area contributed by atoms with Gasteiger partial charge in [-0.25, -0.2) is 0 Å². The molecule has 4 aliphatic rings. The summed E-state index contributed by atoms with van der Waals surface area (Å²) in [5, 5.41) is 46.4. The average Bonchev–Trinajstić information content (AvgIpc) is 3.38. The fourth-order valence-electron chi connectivity index (χ4n) is 7.57. The summed E-state index contributed by atoms with van der Waals surface area (Å²) in [5.74, 6) is -6.52. The number of primary amides is 1. The Labute approximate surface area is 248 Å². The number of likely N-dealkylation sites (N-methyl/N-ethyl adjacent to an activating group) is 1. The summed E-state index contributed by atoms with van der Waals surface area (Å²) in [5.41, 5.74) is 4.63. The standard InChI is InChI=1S/C32H36N2O9/c1-31(2,3)18-11-15(13-6-7-19-20(10-13)43-12-42-19)16-8-14-9-17-24(34(4)5)27(37)23(30(33)40)29(39)32(17,41)28(38)21(14)26(36)22(16)25(18)35/h6-7,10-11,14,17,23-24,27,35-37,41H,8-9,12H2,1-5H3,(H2,33,40)/t14-,17-,23?,24-,27?,32-/m1/s1. The summed E-state index contributed by atoms with van der Waals surface area (Å²) >= 11 is 0. The number of Topliss-reactive ketones (excluding diaryl/α,β-unsaturated/α-hetero) is 2. The molecule has 43 heavy (non-hydrogen) atoms.